The van der Waals surface area contributed by atoms with Gasteiger partial charge in [0.15, 0.2) is 0 Å². The van der Waals surface area contributed by atoms with Gasteiger partial charge in [-0.1, -0.05) is 0 Å². The number of carbonyl (C=O) groups is 2. The largest absolute Gasteiger partial charge is 0.333 e. The van der Waals surface area contributed by atoms with Crippen LogP contribution in [-0.2, 0) is 4.79 Å². The topological polar surface area (TPSA) is 73.2 Å². The Hall–Kier alpha value is -1.57. The normalized spacial score (nSPS) is 13.4. The van der Waals surface area contributed by atoms with Crippen molar-refractivity contribution in [2.75, 3.05) is 0 Å². The summed E-state index contributed by atoms with van der Waals surface area (Å²) >= 11 is 0. The van der Waals surface area contributed by atoms with Crippen LogP contribution in [0.2, 0.25) is 0 Å². The van der Waals surface area contributed by atoms with Gasteiger partial charge in [-0.3, -0.25) is 9.69 Å². The maximum atomic E-state index is 12.2. The first kappa shape index (κ1) is 16.4. The summed E-state index contributed by atoms with van der Waals surface area (Å²) in [6.07, 6.45) is 0. The lowest BCUT2D eigenvalue weighted by Gasteiger charge is -2.36. The van der Waals surface area contributed by atoms with Crippen LogP contribution in [0.5, 0.6) is 0 Å². The van der Waals surface area contributed by atoms with Gasteiger partial charge in [-0.2, -0.15) is 5.26 Å². The van der Waals surface area contributed by atoms with Crippen molar-refractivity contribution in [1.82, 2.24) is 10.2 Å². The average Bonchev–Trinajstić information content (AvgIpc) is 2.11. The lowest BCUT2D eigenvalue weighted by molar-refractivity contribution is -0.134. The molecule has 0 rings (SSSR count). The Morgan fingerprint density at radius 3 is 1.89 bits per heavy atom. The van der Waals surface area contributed by atoms with E-state index in [1.54, 1.807) is 20.8 Å². The molecule has 0 aliphatic rings. The highest BCUT2D eigenvalue weighted by Crippen LogP contribution is 2.18. The molecule has 3 amide bonds. The number of nitriles is 1. The predicted octanol–water partition coefficient (Wildman–Crippen LogP) is 2.28. The molecule has 0 saturated heterocycles. The van der Waals surface area contributed by atoms with E-state index < -0.39 is 28.9 Å². The minimum atomic E-state index is -0.838. The van der Waals surface area contributed by atoms with Gasteiger partial charge in [-0.15, -0.1) is 0 Å². The third kappa shape index (κ3) is 4.74. The molecule has 0 aliphatic heterocycles. The van der Waals surface area contributed by atoms with Gasteiger partial charge in [0.2, 0.25) is 5.91 Å². The first-order valence-electron chi connectivity index (χ1n) is 5.96. The number of imide groups is 1. The zero-order valence-corrected chi connectivity index (χ0v) is 12.3. The van der Waals surface area contributed by atoms with E-state index in [-0.39, 0.29) is 0 Å². The summed E-state index contributed by atoms with van der Waals surface area (Å²) in [6, 6.07) is 1.39. The zero-order valence-electron chi connectivity index (χ0n) is 12.3. The van der Waals surface area contributed by atoms with Crippen molar-refractivity contribution in [2.45, 2.75) is 59.5 Å². The average molecular weight is 253 g/mol. The van der Waals surface area contributed by atoms with Crippen LogP contribution in [0, 0.1) is 17.2 Å². The maximum Gasteiger partial charge on any atom is 0.325 e. The van der Waals surface area contributed by atoms with Gasteiger partial charge in [0.05, 0.1) is 6.07 Å². The van der Waals surface area contributed by atoms with E-state index in [1.165, 1.54) is 6.92 Å². The third-order valence-electron chi connectivity index (χ3n) is 2.14. The molecule has 0 spiro atoms. The van der Waals surface area contributed by atoms with Crippen LogP contribution >= 0.6 is 0 Å². The Kier molecular flexibility index (Phi) is 4.91. The lowest BCUT2D eigenvalue weighted by Crippen LogP contribution is -2.58. The van der Waals surface area contributed by atoms with Crippen molar-refractivity contribution in [3.63, 3.8) is 0 Å². The van der Waals surface area contributed by atoms with Gasteiger partial charge >= 0.3 is 6.03 Å². The molecular formula is C13H23N3O2. The molecule has 0 bridgehead atoms. The number of amides is 3. The van der Waals surface area contributed by atoms with Gasteiger partial charge in [-0.25, -0.2) is 4.79 Å². The molecule has 1 atom stereocenters. The van der Waals surface area contributed by atoms with Gasteiger partial charge in [0, 0.05) is 11.1 Å². The second-order valence-corrected chi connectivity index (χ2v) is 6.38. The fourth-order valence-electron chi connectivity index (χ4n) is 1.36. The Balaban J connectivity index is 5.23. The van der Waals surface area contributed by atoms with E-state index in [0.717, 1.165) is 4.90 Å². The molecule has 0 aliphatic carbocycles. The van der Waals surface area contributed by atoms with Crippen LogP contribution in [0.25, 0.3) is 0 Å². The second-order valence-electron chi connectivity index (χ2n) is 6.38. The second kappa shape index (κ2) is 5.38. The molecule has 1 N–H and O–H groups in total. The molecule has 0 aromatic rings. The Morgan fingerprint density at radius 2 is 1.61 bits per heavy atom. The number of urea groups is 1. The minimum Gasteiger partial charge on any atom is -0.333 e. The number of rotatable bonds is 1. The zero-order chi connectivity index (χ0) is 14.7. The van der Waals surface area contributed by atoms with E-state index in [2.05, 4.69) is 5.32 Å². The third-order valence-corrected chi connectivity index (χ3v) is 2.14. The van der Waals surface area contributed by atoms with Gasteiger partial charge in [0.1, 0.15) is 5.92 Å². The fourth-order valence-corrected chi connectivity index (χ4v) is 1.36. The molecule has 0 aromatic heterocycles. The predicted molar refractivity (Wildman–Crippen MR) is 69.7 cm³/mol. The summed E-state index contributed by atoms with van der Waals surface area (Å²) in [5.74, 6) is -1.32. The quantitative estimate of drug-likeness (QED) is 0.779. The van der Waals surface area contributed by atoms with Crippen LogP contribution in [0.1, 0.15) is 48.5 Å². The molecule has 1 unspecified atom stereocenters. The van der Waals surface area contributed by atoms with E-state index in [0.29, 0.717) is 0 Å². The van der Waals surface area contributed by atoms with Crippen LogP contribution in [-0.4, -0.2) is 27.9 Å². The highest BCUT2D eigenvalue weighted by molar-refractivity contribution is 5.97. The molecule has 102 valence electrons. The molecule has 0 heterocycles. The monoisotopic (exact) mass is 253 g/mol. The van der Waals surface area contributed by atoms with Crippen LogP contribution in [0.4, 0.5) is 4.79 Å². The molecule has 0 aromatic carbocycles. The lowest BCUT2D eigenvalue weighted by atomic mass is 10.0. The Bertz CT molecular complexity index is 369. The molecular weight excluding hydrogens is 230 g/mol. The number of carbonyl (C=O) groups excluding carboxylic acids is 2. The van der Waals surface area contributed by atoms with Gasteiger partial charge in [-0.05, 0) is 48.5 Å². The van der Waals surface area contributed by atoms with E-state index >= 15 is 0 Å². The molecule has 0 fully saturated rings. The summed E-state index contributed by atoms with van der Waals surface area (Å²) in [7, 11) is 0. The number of hydrogen-bond acceptors (Lipinski definition) is 3. The van der Waals surface area contributed by atoms with Crippen LogP contribution in [0.15, 0.2) is 0 Å². The first-order chi connectivity index (χ1) is 7.90. The highest BCUT2D eigenvalue weighted by Gasteiger charge is 2.36. The summed E-state index contributed by atoms with van der Waals surface area (Å²) in [6.45, 7) is 12.3. The van der Waals surface area contributed by atoms with Crippen molar-refractivity contribution in [1.29, 1.82) is 5.26 Å². The number of nitrogens with zero attached hydrogens (tertiary/aromatic N) is 2. The maximum absolute atomic E-state index is 12.2. The van der Waals surface area contributed by atoms with Crippen molar-refractivity contribution >= 4 is 11.9 Å². The smallest absolute Gasteiger partial charge is 0.325 e. The molecule has 0 radical (unpaired) electrons. The van der Waals surface area contributed by atoms with Gasteiger partial charge < -0.3 is 5.32 Å². The highest BCUT2D eigenvalue weighted by atomic mass is 16.2. The SMILES string of the molecule is CC(C#N)C(=O)N(C(=O)NC(C)(C)C)C(C)(C)C. The summed E-state index contributed by atoms with van der Waals surface area (Å²) in [4.78, 5) is 25.4. The van der Waals surface area contributed by atoms with Crippen molar-refractivity contribution in [3.8, 4) is 6.07 Å². The molecule has 5 heteroatoms. The van der Waals surface area contributed by atoms with Gasteiger partial charge in [0.25, 0.3) is 0 Å². The Morgan fingerprint density at radius 1 is 1.17 bits per heavy atom. The number of nitrogens with one attached hydrogen (secondary N) is 1. The summed E-state index contributed by atoms with van der Waals surface area (Å²) in [5.41, 5.74) is -1.10. The minimum absolute atomic E-state index is 0.434. The van der Waals surface area contributed by atoms with Crippen LogP contribution in [0.3, 0.4) is 0 Å². The molecule has 0 saturated carbocycles. The fraction of sp³-hybridized carbons (Fsp3) is 0.769. The van der Waals surface area contributed by atoms with Crippen molar-refractivity contribution in [3.05, 3.63) is 0 Å². The first-order valence-corrected chi connectivity index (χ1v) is 5.96. The summed E-state index contributed by atoms with van der Waals surface area (Å²) < 4.78 is 0. The van der Waals surface area contributed by atoms with Crippen molar-refractivity contribution in [2.24, 2.45) is 5.92 Å². The van der Waals surface area contributed by atoms with Crippen molar-refractivity contribution < 1.29 is 9.59 Å². The molecule has 18 heavy (non-hydrogen) atoms. The van der Waals surface area contributed by atoms with E-state index in [9.17, 15) is 9.59 Å². The summed E-state index contributed by atoms with van der Waals surface area (Å²) in [5, 5.41) is 11.5. The van der Waals surface area contributed by atoms with E-state index in [4.69, 9.17) is 5.26 Å². The molecule has 5 nitrogen and oxygen atoms in total. The van der Waals surface area contributed by atoms with E-state index in [1.807, 2.05) is 26.8 Å². The number of hydrogen-bond donors (Lipinski definition) is 1. The Labute approximate surface area is 109 Å². The van der Waals surface area contributed by atoms with Crippen LogP contribution < -0.4 is 5.32 Å². The standard InChI is InChI=1S/C13H23N3O2/c1-9(8-14)10(17)16(13(5,6)7)11(18)15-12(2,3)4/h9H,1-7H3,(H,15,18).